The standard InChI is InChI=1S/C11H7O5/c12-7-14-6-9-10(16-11(13)15-9)8-4-2-1-3-5-8/h1-5H,6H2. The third kappa shape index (κ3) is 2.03. The molecule has 0 unspecified atom stereocenters. The summed E-state index contributed by atoms with van der Waals surface area (Å²) in [5, 5.41) is 0. The van der Waals surface area contributed by atoms with Crippen molar-refractivity contribution in [3.8, 4) is 11.3 Å². The molecule has 0 saturated heterocycles. The largest absolute Gasteiger partial charge is 0.519 e. The fourth-order valence-corrected chi connectivity index (χ4v) is 1.31. The minimum atomic E-state index is -0.830. The van der Waals surface area contributed by atoms with Gasteiger partial charge in [-0.2, -0.15) is 0 Å². The molecule has 0 amide bonds. The Kier molecular flexibility index (Phi) is 2.86. The molecule has 0 fully saturated rings. The van der Waals surface area contributed by atoms with Crippen LogP contribution >= 0.6 is 0 Å². The molecule has 16 heavy (non-hydrogen) atoms. The van der Waals surface area contributed by atoms with Gasteiger partial charge in [-0.3, -0.25) is 0 Å². The van der Waals surface area contributed by atoms with E-state index in [-0.39, 0.29) is 18.1 Å². The Bertz CT molecular complexity index is 523. The molecule has 2 aromatic rings. The van der Waals surface area contributed by atoms with E-state index in [4.69, 9.17) is 8.83 Å². The highest BCUT2D eigenvalue weighted by atomic mass is 16.6. The number of hydrogen-bond donors (Lipinski definition) is 0. The molecule has 0 atom stereocenters. The van der Waals surface area contributed by atoms with Crippen LogP contribution in [0.25, 0.3) is 11.3 Å². The van der Waals surface area contributed by atoms with E-state index in [9.17, 15) is 9.59 Å². The van der Waals surface area contributed by atoms with Crippen LogP contribution < -0.4 is 5.82 Å². The molecule has 2 rings (SSSR count). The van der Waals surface area contributed by atoms with Gasteiger partial charge in [0.25, 0.3) is 0 Å². The fraction of sp³-hybridized carbons (Fsp3) is 0.0909. The monoisotopic (exact) mass is 219 g/mol. The number of rotatable bonds is 4. The number of carbonyl (C=O) groups excluding carboxylic acids is 1. The van der Waals surface area contributed by atoms with Gasteiger partial charge in [0.2, 0.25) is 0 Å². The highest BCUT2D eigenvalue weighted by molar-refractivity contribution is 5.58. The molecule has 0 spiro atoms. The fourth-order valence-electron chi connectivity index (χ4n) is 1.31. The summed E-state index contributed by atoms with van der Waals surface area (Å²) >= 11 is 0. The van der Waals surface area contributed by atoms with Crippen molar-refractivity contribution in [2.45, 2.75) is 6.61 Å². The topological polar surface area (TPSA) is 69.7 Å². The normalized spacial score (nSPS) is 10.0. The first-order valence-corrected chi connectivity index (χ1v) is 4.48. The van der Waals surface area contributed by atoms with E-state index in [1.165, 1.54) is 6.47 Å². The summed E-state index contributed by atoms with van der Waals surface area (Å²) in [5.74, 6) is -0.399. The lowest BCUT2D eigenvalue weighted by atomic mass is 10.1. The lowest BCUT2D eigenvalue weighted by Crippen LogP contribution is -1.91. The van der Waals surface area contributed by atoms with Crippen molar-refractivity contribution in [3.63, 3.8) is 0 Å². The van der Waals surface area contributed by atoms with Gasteiger partial charge in [0.05, 0.1) is 0 Å². The second kappa shape index (κ2) is 4.48. The van der Waals surface area contributed by atoms with Crippen LogP contribution in [0.15, 0.2) is 44.0 Å². The van der Waals surface area contributed by atoms with Crippen LogP contribution in [0.4, 0.5) is 0 Å². The molecular weight excluding hydrogens is 212 g/mol. The molecule has 1 heterocycles. The van der Waals surface area contributed by atoms with Gasteiger partial charge in [0.15, 0.2) is 18.1 Å². The second-order valence-corrected chi connectivity index (χ2v) is 2.94. The van der Waals surface area contributed by atoms with Gasteiger partial charge in [-0.25, -0.2) is 9.59 Å². The van der Waals surface area contributed by atoms with E-state index in [0.29, 0.717) is 5.56 Å². The quantitative estimate of drug-likeness (QED) is 0.778. The van der Waals surface area contributed by atoms with Crippen LogP contribution in [0.1, 0.15) is 5.76 Å². The maximum atomic E-state index is 11.0. The van der Waals surface area contributed by atoms with Gasteiger partial charge in [0.1, 0.15) is 0 Å². The van der Waals surface area contributed by atoms with Crippen molar-refractivity contribution < 1.29 is 18.4 Å². The van der Waals surface area contributed by atoms with Gasteiger partial charge in [-0.05, 0) is 0 Å². The second-order valence-electron chi connectivity index (χ2n) is 2.94. The van der Waals surface area contributed by atoms with E-state index < -0.39 is 5.82 Å². The molecule has 1 aromatic heterocycles. The van der Waals surface area contributed by atoms with Crippen molar-refractivity contribution in [3.05, 3.63) is 46.7 Å². The molecule has 0 bridgehead atoms. The minimum absolute atomic E-state index is 0.166. The molecule has 81 valence electrons. The van der Waals surface area contributed by atoms with Crippen molar-refractivity contribution in [2.75, 3.05) is 0 Å². The first-order chi connectivity index (χ1) is 7.81. The highest BCUT2D eigenvalue weighted by Gasteiger charge is 2.14. The molecule has 0 aliphatic heterocycles. The first kappa shape index (κ1) is 10.2. The lowest BCUT2D eigenvalue weighted by Gasteiger charge is -1.97. The Morgan fingerprint density at radius 2 is 1.94 bits per heavy atom. The number of hydrogen-bond acceptors (Lipinski definition) is 5. The van der Waals surface area contributed by atoms with E-state index in [1.54, 1.807) is 24.3 Å². The van der Waals surface area contributed by atoms with Crippen LogP contribution in [0.3, 0.4) is 0 Å². The van der Waals surface area contributed by atoms with Crippen LogP contribution in [0.2, 0.25) is 0 Å². The SMILES string of the molecule is O=[C]OCc1oc(=O)oc1-c1ccccc1. The van der Waals surface area contributed by atoms with Crippen molar-refractivity contribution in [2.24, 2.45) is 0 Å². The molecule has 0 aliphatic carbocycles. The Labute approximate surface area is 90.3 Å². The molecule has 5 heteroatoms. The Morgan fingerprint density at radius 1 is 1.19 bits per heavy atom. The smallest absolute Gasteiger partial charge is 0.449 e. The van der Waals surface area contributed by atoms with Gasteiger partial charge >= 0.3 is 12.3 Å². The Morgan fingerprint density at radius 3 is 2.62 bits per heavy atom. The maximum absolute atomic E-state index is 11.0. The van der Waals surface area contributed by atoms with E-state index in [0.717, 1.165) is 0 Å². The van der Waals surface area contributed by atoms with Crippen LogP contribution in [-0.4, -0.2) is 6.47 Å². The maximum Gasteiger partial charge on any atom is 0.519 e. The zero-order valence-electron chi connectivity index (χ0n) is 8.14. The molecule has 1 aromatic carbocycles. The average Bonchev–Trinajstić information content (AvgIpc) is 2.69. The van der Waals surface area contributed by atoms with E-state index >= 15 is 0 Å². The molecule has 5 nitrogen and oxygen atoms in total. The molecule has 0 N–H and O–H groups in total. The van der Waals surface area contributed by atoms with Crippen LogP contribution in [-0.2, 0) is 16.1 Å². The predicted octanol–water partition coefficient (Wildman–Crippen LogP) is 1.48. The summed E-state index contributed by atoms with van der Waals surface area (Å²) in [4.78, 5) is 20.9. The minimum Gasteiger partial charge on any atom is -0.449 e. The predicted molar refractivity (Wildman–Crippen MR) is 53.2 cm³/mol. The van der Waals surface area contributed by atoms with E-state index in [2.05, 4.69) is 4.74 Å². The Hall–Kier alpha value is -2.30. The Balaban J connectivity index is 2.40. The summed E-state index contributed by atoms with van der Waals surface area (Å²) in [6.45, 7) is 1.07. The van der Waals surface area contributed by atoms with Crippen molar-refractivity contribution in [1.82, 2.24) is 0 Å². The van der Waals surface area contributed by atoms with Crippen LogP contribution in [0, 0.1) is 0 Å². The molecule has 0 saturated carbocycles. The average molecular weight is 219 g/mol. The van der Waals surface area contributed by atoms with E-state index in [1.807, 2.05) is 6.07 Å². The zero-order chi connectivity index (χ0) is 11.4. The lowest BCUT2D eigenvalue weighted by molar-refractivity contribution is 0.235. The summed E-state index contributed by atoms with van der Waals surface area (Å²) in [6.07, 6.45) is 0. The van der Waals surface area contributed by atoms with Crippen LogP contribution in [0.5, 0.6) is 0 Å². The van der Waals surface area contributed by atoms with Crippen molar-refractivity contribution >= 4 is 6.47 Å². The molecule has 0 aliphatic rings. The number of benzene rings is 1. The summed E-state index contributed by atoms with van der Waals surface area (Å²) < 4.78 is 14.0. The third-order valence-electron chi connectivity index (χ3n) is 1.94. The molecule has 1 radical (unpaired) electrons. The summed E-state index contributed by atoms with van der Waals surface area (Å²) in [7, 11) is 0. The number of ether oxygens (including phenoxy) is 1. The third-order valence-corrected chi connectivity index (χ3v) is 1.94. The first-order valence-electron chi connectivity index (χ1n) is 4.48. The molecular formula is C11H7O5. The summed E-state index contributed by atoms with van der Waals surface area (Å²) in [5.41, 5.74) is 0.679. The zero-order valence-corrected chi connectivity index (χ0v) is 8.14. The summed E-state index contributed by atoms with van der Waals surface area (Å²) in [6, 6.07) is 8.92. The van der Waals surface area contributed by atoms with Gasteiger partial charge < -0.3 is 13.6 Å². The van der Waals surface area contributed by atoms with Gasteiger partial charge in [-0.1, -0.05) is 30.3 Å². The highest BCUT2D eigenvalue weighted by Crippen LogP contribution is 2.22. The van der Waals surface area contributed by atoms with Gasteiger partial charge in [0, 0.05) is 5.56 Å². The van der Waals surface area contributed by atoms with Crippen molar-refractivity contribution in [1.29, 1.82) is 0 Å². The van der Waals surface area contributed by atoms with Gasteiger partial charge in [-0.15, -0.1) is 0 Å².